The second kappa shape index (κ2) is 9.36. The van der Waals surface area contributed by atoms with Crippen LogP contribution in [0.5, 0.6) is 0 Å². The average Bonchev–Trinajstić information content (AvgIpc) is 3.36. The third-order valence-corrected chi connectivity index (χ3v) is 9.41. The number of hydrogen-bond donors (Lipinski definition) is 0. The molecule has 0 radical (unpaired) electrons. The SMILES string of the molecule is Cc1ccccc1N(c1cccc(-c2ccccc2)c1)c1ccc2c(c1)c1cccc3c1n2C1=C(CCC=C1)C3(C)C. The summed E-state index contributed by atoms with van der Waals surface area (Å²) in [5.41, 5.74) is 14.2. The second-order valence-electron chi connectivity index (χ2n) is 12.2. The van der Waals surface area contributed by atoms with Gasteiger partial charge in [-0.05, 0) is 90.1 Å². The summed E-state index contributed by atoms with van der Waals surface area (Å²) >= 11 is 0. The fourth-order valence-corrected chi connectivity index (χ4v) is 7.30. The molecule has 1 aliphatic carbocycles. The minimum atomic E-state index is 0.0118. The first-order valence-electron chi connectivity index (χ1n) is 15.0. The summed E-state index contributed by atoms with van der Waals surface area (Å²) in [6, 6.07) is 42.2. The van der Waals surface area contributed by atoms with Crippen molar-refractivity contribution in [2.45, 2.75) is 39.0 Å². The fraction of sp³-hybridized carbons (Fsp3) is 0.150. The van der Waals surface area contributed by atoms with Gasteiger partial charge < -0.3 is 9.47 Å². The average molecular weight is 543 g/mol. The van der Waals surface area contributed by atoms with Crippen LogP contribution in [0, 0.1) is 6.92 Å². The molecule has 0 unspecified atom stereocenters. The molecule has 2 nitrogen and oxygen atoms in total. The zero-order chi connectivity index (χ0) is 28.4. The first kappa shape index (κ1) is 24.9. The minimum absolute atomic E-state index is 0.0118. The van der Waals surface area contributed by atoms with Gasteiger partial charge in [0.15, 0.2) is 0 Å². The van der Waals surface area contributed by atoms with Crippen LogP contribution in [-0.4, -0.2) is 4.57 Å². The summed E-state index contributed by atoms with van der Waals surface area (Å²) < 4.78 is 2.54. The molecule has 0 N–H and O–H groups in total. The Labute approximate surface area is 247 Å². The van der Waals surface area contributed by atoms with Crippen LogP contribution in [0.25, 0.3) is 38.6 Å². The van der Waals surface area contributed by atoms with Crippen molar-refractivity contribution in [2.24, 2.45) is 0 Å². The molecular weight excluding hydrogens is 508 g/mol. The number of fused-ring (bicyclic) bond motifs is 4. The Morgan fingerprint density at radius 1 is 0.690 bits per heavy atom. The Morgan fingerprint density at radius 2 is 1.45 bits per heavy atom. The van der Waals surface area contributed by atoms with E-state index in [0.29, 0.717) is 0 Å². The van der Waals surface area contributed by atoms with E-state index in [1.54, 1.807) is 5.57 Å². The molecule has 42 heavy (non-hydrogen) atoms. The van der Waals surface area contributed by atoms with Crippen molar-refractivity contribution in [1.82, 2.24) is 4.57 Å². The van der Waals surface area contributed by atoms with Gasteiger partial charge in [0, 0.05) is 38.9 Å². The highest BCUT2D eigenvalue weighted by Crippen LogP contribution is 2.50. The Balaban J connectivity index is 1.38. The van der Waals surface area contributed by atoms with E-state index in [2.05, 4.69) is 158 Å². The molecule has 2 heteroatoms. The Morgan fingerprint density at radius 3 is 2.31 bits per heavy atom. The highest BCUT2D eigenvalue weighted by molar-refractivity contribution is 6.14. The lowest BCUT2D eigenvalue weighted by Crippen LogP contribution is -2.28. The molecule has 0 bridgehead atoms. The van der Waals surface area contributed by atoms with Crippen molar-refractivity contribution in [2.75, 3.05) is 4.90 Å². The molecule has 5 aromatic carbocycles. The van der Waals surface area contributed by atoms with Crippen LogP contribution in [0.3, 0.4) is 0 Å². The molecule has 0 amide bonds. The van der Waals surface area contributed by atoms with E-state index in [1.807, 2.05) is 0 Å². The van der Waals surface area contributed by atoms with Gasteiger partial charge >= 0.3 is 0 Å². The second-order valence-corrected chi connectivity index (χ2v) is 12.2. The maximum atomic E-state index is 2.54. The van der Waals surface area contributed by atoms with Crippen molar-refractivity contribution in [1.29, 1.82) is 0 Å². The summed E-state index contributed by atoms with van der Waals surface area (Å²) in [6.07, 6.45) is 6.93. The Bertz CT molecular complexity index is 2070. The summed E-state index contributed by atoms with van der Waals surface area (Å²) in [5, 5.41) is 2.62. The van der Waals surface area contributed by atoms with Gasteiger partial charge in [-0.2, -0.15) is 0 Å². The molecule has 0 spiro atoms. The van der Waals surface area contributed by atoms with Crippen LogP contribution < -0.4 is 4.90 Å². The number of para-hydroxylation sites is 2. The van der Waals surface area contributed by atoms with Gasteiger partial charge in [-0.25, -0.2) is 0 Å². The number of nitrogens with zero attached hydrogens (tertiary/aromatic N) is 2. The molecule has 1 aromatic heterocycles. The molecular formula is C40H34N2. The smallest absolute Gasteiger partial charge is 0.0581 e. The number of hydrogen-bond acceptors (Lipinski definition) is 1. The van der Waals surface area contributed by atoms with Gasteiger partial charge in [-0.3, -0.25) is 0 Å². The maximum Gasteiger partial charge on any atom is 0.0581 e. The van der Waals surface area contributed by atoms with Crippen LogP contribution in [-0.2, 0) is 5.41 Å². The number of aryl methyl sites for hydroxylation is 1. The van der Waals surface area contributed by atoms with E-state index in [4.69, 9.17) is 0 Å². The van der Waals surface area contributed by atoms with Crippen molar-refractivity contribution in [3.63, 3.8) is 0 Å². The number of allylic oxidation sites excluding steroid dienone is 4. The van der Waals surface area contributed by atoms with Gasteiger partial charge in [-0.1, -0.05) is 98.8 Å². The van der Waals surface area contributed by atoms with Crippen LogP contribution in [0.2, 0.25) is 0 Å². The molecule has 1 aliphatic heterocycles. The summed E-state index contributed by atoms with van der Waals surface area (Å²) in [4.78, 5) is 2.42. The van der Waals surface area contributed by atoms with E-state index in [1.165, 1.54) is 61.1 Å². The van der Waals surface area contributed by atoms with Crippen LogP contribution in [0.1, 0.15) is 37.8 Å². The molecule has 0 fully saturated rings. The number of rotatable bonds is 4. The topological polar surface area (TPSA) is 8.17 Å². The molecule has 0 saturated carbocycles. The van der Waals surface area contributed by atoms with Crippen LogP contribution in [0.4, 0.5) is 17.1 Å². The summed E-state index contributed by atoms with van der Waals surface area (Å²) in [7, 11) is 0. The standard InChI is InChI=1S/C40H34N2/c1-27-13-7-9-21-36(27)41(30-17-11-16-29(25-30)28-14-5-4-6-15-28)31-23-24-37-33(26-31)32-18-12-20-35-39(32)42(37)38-22-10-8-19-34(38)40(35,2)3/h4-7,9-18,20-26H,8,19H2,1-3H3. The molecule has 8 rings (SSSR count). The quantitative estimate of drug-likeness (QED) is 0.215. The predicted molar refractivity (Wildman–Crippen MR) is 179 cm³/mol. The van der Waals surface area contributed by atoms with Crippen LogP contribution in [0.15, 0.2) is 133 Å². The monoisotopic (exact) mass is 542 g/mol. The van der Waals surface area contributed by atoms with E-state index in [9.17, 15) is 0 Å². The van der Waals surface area contributed by atoms with Gasteiger partial charge in [0.1, 0.15) is 0 Å². The number of anilines is 3. The lowest BCUT2D eigenvalue weighted by molar-refractivity contribution is 0.585. The Kier molecular flexibility index (Phi) is 5.55. The molecule has 2 aliphatic rings. The Hall–Kier alpha value is -4.82. The molecule has 2 heterocycles. The normalized spacial score (nSPS) is 15.3. The minimum Gasteiger partial charge on any atom is -0.310 e. The van der Waals surface area contributed by atoms with Crippen LogP contribution >= 0.6 is 0 Å². The van der Waals surface area contributed by atoms with Crippen molar-refractivity contribution in [3.05, 3.63) is 144 Å². The number of benzene rings is 5. The van der Waals surface area contributed by atoms with Crippen molar-refractivity contribution < 1.29 is 0 Å². The van der Waals surface area contributed by atoms with E-state index in [0.717, 1.165) is 18.5 Å². The largest absolute Gasteiger partial charge is 0.310 e. The van der Waals surface area contributed by atoms with Gasteiger partial charge in [-0.15, -0.1) is 0 Å². The third-order valence-electron chi connectivity index (χ3n) is 9.41. The molecule has 0 saturated heterocycles. The van der Waals surface area contributed by atoms with Crippen molar-refractivity contribution in [3.8, 4) is 11.1 Å². The molecule has 0 atom stereocenters. The predicted octanol–water partition coefficient (Wildman–Crippen LogP) is 11.1. The van der Waals surface area contributed by atoms with Gasteiger partial charge in [0.2, 0.25) is 0 Å². The maximum absolute atomic E-state index is 2.54. The molecule has 204 valence electrons. The van der Waals surface area contributed by atoms with E-state index >= 15 is 0 Å². The first-order chi connectivity index (χ1) is 20.5. The van der Waals surface area contributed by atoms with Gasteiger partial charge in [0.05, 0.1) is 11.0 Å². The summed E-state index contributed by atoms with van der Waals surface area (Å²) in [6.45, 7) is 7.01. The van der Waals surface area contributed by atoms with E-state index in [-0.39, 0.29) is 5.41 Å². The lowest BCUT2D eigenvalue weighted by Gasteiger charge is -2.37. The zero-order valence-corrected chi connectivity index (χ0v) is 24.4. The number of aromatic nitrogens is 1. The van der Waals surface area contributed by atoms with E-state index < -0.39 is 0 Å². The lowest BCUT2D eigenvalue weighted by atomic mass is 9.71. The fourth-order valence-electron chi connectivity index (χ4n) is 7.30. The molecule has 6 aromatic rings. The highest BCUT2D eigenvalue weighted by atomic mass is 15.1. The summed E-state index contributed by atoms with van der Waals surface area (Å²) in [5.74, 6) is 0. The first-order valence-corrected chi connectivity index (χ1v) is 15.0. The van der Waals surface area contributed by atoms with Crippen molar-refractivity contribution >= 4 is 44.6 Å². The van der Waals surface area contributed by atoms with Gasteiger partial charge in [0.25, 0.3) is 0 Å². The zero-order valence-electron chi connectivity index (χ0n) is 24.4. The highest BCUT2D eigenvalue weighted by Gasteiger charge is 2.36. The third kappa shape index (κ3) is 3.65.